The Morgan fingerprint density at radius 2 is 2.47 bits per heavy atom. The van der Waals surface area contributed by atoms with Gasteiger partial charge in [-0.15, -0.1) is 0 Å². The van der Waals surface area contributed by atoms with Crippen LogP contribution in [0, 0.1) is 23.2 Å². The van der Waals surface area contributed by atoms with E-state index in [1.807, 2.05) is 0 Å². The number of pyridine rings is 1. The molecule has 6 heteroatoms. The van der Waals surface area contributed by atoms with Crippen LogP contribution in [0.1, 0.15) is 12.1 Å². The van der Waals surface area contributed by atoms with Crippen LogP contribution in [0.25, 0.3) is 0 Å². The van der Waals surface area contributed by atoms with Gasteiger partial charge in [0, 0.05) is 19.6 Å². The van der Waals surface area contributed by atoms with Crippen molar-refractivity contribution in [3.63, 3.8) is 0 Å². The first-order valence-electron chi connectivity index (χ1n) is 6.04. The standard InChI is InChI=1S/C13H15FN2O3/c1-17-12(9-4-5-18-7-9)8-19-11-2-3-13(14)16-10(11)6-15/h2-3,9,12H,4-5,7-8H2,1H3. The molecule has 0 bridgehead atoms. The first kappa shape index (κ1) is 13.7. The fraction of sp³-hybridized carbons (Fsp3) is 0.538. The Bertz CT molecular complexity index is 469. The minimum absolute atomic E-state index is 0.0578. The lowest BCUT2D eigenvalue weighted by Crippen LogP contribution is -2.30. The van der Waals surface area contributed by atoms with E-state index < -0.39 is 5.95 Å². The maximum absolute atomic E-state index is 12.9. The van der Waals surface area contributed by atoms with Gasteiger partial charge in [0.1, 0.15) is 12.7 Å². The van der Waals surface area contributed by atoms with Crippen molar-refractivity contribution in [3.8, 4) is 11.8 Å². The number of hydrogen-bond acceptors (Lipinski definition) is 5. The van der Waals surface area contributed by atoms with E-state index in [1.165, 1.54) is 6.07 Å². The molecule has 1 fully saturated rings. The number of aromatic nitrogens is 1. The molecule has 1 aromatic heterocycles. The van der Waals surface area contributed by atoms with Crippen LogP contribution in [0.2, 0.25) is 0 Å². The number of methoxy groups -OCH3 is 1. The van der Waals surface area contributed by atoms with Gasteiger partial charge in [-0.2, -0.15) is 9.65 Å². The van der Waals surface area contributed by atoms with Crippen molar-refractivity contribution in [2.24, 2.45) is 5.92 Å². The number of ether oxygens (including phenoxy) is 3. The van der Waals surface area contributed by atoms with E-state index in [-0.39, 0.29) is 30.1 Å². The second-order valence-corrected chi connectivity index (χ2v) is 4.30. The van der Waals surface area contributed by atoms with E-state index >= 15 is 0 Å². The Morgan fingerprint density at radius 3 is 3.11 bits per heavy atom. The van der Waals surface area contributed by atoms with Crippen LogP contribution in [0.4, 0.5) is 4.39 Å². The van der Waals surface area contributed by atoms with Crippen LogP contribution < -0.4 is 4.74 Å². The van der Waals surface area contributed by atoms with Gasteiger partial charge in [-0.05, 0) is 18.6 Å². The van der Waals surface area contributed by atoms with Crippen molar-refractivity contribution < 1.29 is 18.6 Å². The monoisotopic (exact) mass is 266 g/mol. The van der Waals surface area contributed by atoms with Crippen LogP contribution >= 0.6 is 0 Å². The summed E-state index contributed by atoms with van der Waals surface area (Å²) in [5, 5.41) is 8.87. The third kappa shape index (κ3) is 3.40. The molecule has 1 aliphatic heterocycles. The maximum Gasteiger partial charge on any atom is 0.214 e. The molecule has 19 heavy (non-hydrogen) atoms. The van der Waals surface area contributed by atoms with Crippen molar-refractivity contribution in [1.29, 1.82) is 5.26 Å². The summed E-state index contributed by atoms with van der Waals surface area (Å²) in [5.41, 5.74) is -0.0578. The quantitative estimate of drug-likeness (QED) is 0.756. The molecule has 2 rings (SSSR count). The zero-order chi connectivity index (χ0) is 13.7. The summed E-state index contributed by atoms with van der Waals surface area (Å²) < 4.78 is 29.1. The molecule has 0 radical (unpaired) electrons. The average molecular weight is 266 g/mol. The molecule has 0 spiro atoms. The lowest BCUT2D eigenvalue weighted by molar-refractivity contribution is 0.0115. The number of nitriles is 1. The highest BCUT2D eigenvalue weighted by Crippen LogP contribution is 2.21. The van der Waals surface area contributed by atoms with Crippen molar-refractivity contribution in [2.75, 3.05) is 26.9 Å². The van der Waals surface area contributed by atoms with E-state index in [1.54, 1.807) is 13.2 Å². The summed E-state index contributed by atoms with van der Waals surface area (Å²) in [6.45, 7) is 1.66. The van der Waals surface area contributed by atoms with E-state index in [0.717, 1.165) is 19.1 Å². The fourth-order valence-electron chi connectivity index (χ4n) is 2.03. The van der Waals surface area contributed by atoms with E-state index in [4.69, 9.17) is 19.5 Å². The van der Waals surface area contributed by atoms with E-state index in [9.17, 15) is 4.39 Å². The van der Waals surface area contributed by atoms with Gasteiger partial charge in [-0.1, -0.05) is 0 Å². The van der Waals surface area contributed by atoms with Crippen molar-refractivity contribution >= 4 is 0 Å². The Kier molecular flexibility index (Phi) is 4.66. The van der Waals surface area contributed by atoms with Crippen LogP contribution in [0.5, 0.6) is 5.75 Å². The third-order valence-corrected chi connectivity index (χ3v) is 3.13. The highest BCUT2D eigenvalue weighted by molar-refractivity contribution is 5.36. The Hall–Kier alpha value is -1.71. The normalized spacial score (nSPS) is 19.9. The van der Waals surface area contributed by atoms with Gasteiger partial charge in [0.05, 0.1) is 12.7 Å². The third-order valence-electron chi connectivity index (χ3n) is 3.13. The lowest BCUT2D eigenvalue weighted by Gasteiger charge is -2.21. The summed E-state index contributed by atoms with van der Waals surface area (Å²) in [6.07, 6.45) is 0.813. The maximum atomic E-state index is 12.9. The van der Waals surface area contributed by atoms with Gasteiger partial charge in [-0.3, -0.25) is 0 Å². The van der Waals surface area contributed by atoms with Crippen molar-refractivity contribution in [2.45, 2.75) is 12.5 Å². The molecule has 2 heterocycles. The molecule has 5 nitrogen and oxygen atoms in total. The zero-order valence-corrected chi connectivity index (χ0v) is 10.6. The fourth-order valence-corrected chi connectivity index (χ4v) is 2.03. The Morgan fingerprint density at radius 1 is 1.63 bits per heavy atom. The van der Waals surface area contributed by atoms with Gasteiger partial charge < -0.3 is 14.2 Å². The lowest BCUT2D eigenvalue weighted by atomic mass is 10.0. The molecular formula is C13H15FN2O3. The minimum Gasteiger partial charge on any atom is -0.488 e. The Balaban J connectivity index is 1.99. The van der Waals surface area contributed by atoms with E-state index in [0.29, 0.717) is 6.61 Å². The minimum atomic E-state index is -0.698. The molecule has 0 saturated carbocycles. The number of nitrogens with zero attached hydrogens (tertiary/aromatic N) is 2. The first-order valence-corrected chi connectivity index (χ1v) is 6.04. The zero-order valence-electron chi connectivity index (χ0n) is 10.6. The first-order chi connectivity index (χ1) is 9.24. The summed E-state index contributed by atoms with van der Waals surface area (Å²) >= 11 is 0. The molecule has 2 atom stereocenters. The van der Waals surface area contributed by atoms with Gasteiger partial charge in [-0.25, -0.2) is 4.98 Å². The van der Waals surface area contributed by atoms with Crippen LogP contribution in [-0.2, 0) is 9.47 Å². The highest BCUT2D eigenvalue weighted by atomic mass is 19.1. The second kappa shape index (κ2) is 6.45. The molecule has 102 valence electrons. The van der Waals surface area contributed by atoms with Crippen molar-refractivity contribution in [3.05, 3.63) is 23.8 Å². The molecule has 1 aliphatic rings. The Labute approximate surface area is 110 Å². The number of halogens is 1. The number of rotatable bonds is 5. The smallest absolute Gasteiger partial charge is 0.214 e. The topological polar surface area (TPSA) is 64.4 Å². The largest absolute Gasteiger partial charge is 0.488 e. The van der Waals surface area contributed by atoms with Crippen LogP contribution in [0.3, 0.4) is 0 Å². The summed E-state index contributed by atoms with van der Waals surface area (Å²) in [4.78, 5) is 3.47. The summed E-state index contributed by atoms with van der Waals surface area (Å²) in [6, 6.07) is 4.37. The highest BCUT2D eigenvalue weighted by Gasteiger charge is 2.26. The summed E-state index contributed by atoms with van der Waals surface area (Å²) in [5.74, 6) is -0.148. The predicted molar refractivity (Wildman–Crippen MR) is 64.1 cm³/mol. The van der Waals surface area contributed by atoms with Crippen molar-refractivity contribution in [1.82, 2.24) is 4.98 Å². The molecule has 0 aromatic carbocycles. The average Bonchev–Trinajstić information content (AvgIpc) is 2.94. The molecule has 1 saturated heterocycles. The summed E-state index contributed by atoms with van der Waals surface area (Å²) in [7, 11) is 1.61. The van der Waals surface area contributed by atoms with Crippen LogP contribution in [-0.4, -0.2) is 38.0 Å². The van der Waals surface area contributed by atoms with Gasteiger partial charge in [0.15, 0.2) is 11.4 Å². The molecule has 2 unspecified atom stereocenters. The van der Waals surface area contributed by atoms with Crippen LogP contribution in [0.15, 0.2) is 12.1 Å². The predicted octanol–water partition coefficient (Wildman–Crippen LogP) is 1.52. The molecule has 0 N–H and O–H groups in total. The van der Waals surface area contributed by atoms with Gasteiger partial charge in [0.2, 0.25) is 5.95 Å². The van der Waals surface area contributed by atoms with Gasteiger partial charge in [0.25, 0.3) is 0 Å². The SMILES string of the molecule is COC(COc1ccc(F)nc1C#N)C1CCOC1. The molecule has 1 aromatic rings. The van der Waals surface area contributed by atoms with E-state index in [2.05, 4.69) is 4.98 Å². The second-order valence-electron chi connectivity index (χ2n) is 4.30. The van der Waals surface area contributed by atoms with Gasteiger partial charge >= 0.3 is 0 Å². The molecule has 0 aliphatic carbocycles. The number of hydrogen-bond donors (Lipinski definition) is 0. The molecular weight excluding hydrogens is 251 g/mol. The molecule has 0 amide bonds.